The fraction of sp³-hybridized carbons (Fsp3) is 0.412. The number of rotatable bonds is 4. The van der Waals surface area contributed by atoms with Crippen LogP contribution in [0.3, 0.4) is 0 Å². The van der Waals surface area contributed by atoms with Gasteiger partial charge in [-0.05, 0) is 50.3 Å². The number of benzene rings is 1. The zero-order valence-electron chi connectivity index (χ0n) is 12.5. The van der Waals surface area contributed by atoms with E-state index in [0.717, 1.165) is 40.4 Å². The molecule has 1 aliphatic rings. The van der Waals surface area contributed by atoms with Crippen LogP contribution in [0.15, 0.2) is 23.0 Å². The number of nitrogens with one attached hydrogen (secondary N) is 2. The number of hydrogen-bond donors (Lipinski definition) is 2. The van der Waals surface area contributed by atoms with Crippen molar-refractivity contribution in [3.05, 3.63) is 45.2 Å². The molecule has 0 spiro atoms. The SMILES string of the molecule is Cc1ccc(C)c2[nH]c(=O)c(CCNC(=O)C3CC3)cc12. The number of fused-ring (bicyclic) bond motifs is 1. The molecule has 3 rings (SSSR count). The number of carbonyl (C=O) groups excluding carboxylic acids is 1. The van der Waals surface area contributed by atoms with Gasteiger partial charge in [-0.25, -0.2) is 0 Å². The Bertz CT molecular complexity index is 757. The van der Waals surface area contributed by atoms with Gasteiger partial charge in [-0.15, -0.1) is 0 Å². The number of aromatic nitrogens is 1. The van der Waals surface area contributed by atoms with E-state index < -0.39 is 0 Å². The molecule has 110 valence electrons. The summed E-state index contributed by atoms with van der Waals surface area (Å²) >= 11 is 0. The van der Waals surface area contributed by atoms with E-state index in [1.54, 1.807) is 0 Å². The van der Waals surface area contributed by atoms with Gasteiger partial charge in [0.25, 0.3) is 5.56 Å². The van der Waals surface area contributed by atoms with Gasteiger partial charge in [0.05, 0.1) is 5.52 Å². The lowest BCUT2D eigenvalue weighted by Gasteiger charge is -2.09. The zero-order chi connectivity index (χ0) is 15.0. The molecule has 0 bridgehead atoms. The summed E-state index contributed by atoms with van der Waals surface area (Å²) in [5.74, 6) is 0.337. The fourth-order valence-corrected chi connectivity index (χ4v) is 2.61. The van der Waals surface area contributed by atoms with Crippen molar-refractivity contribution in [3.8, 4) is 0 Å². The Kier molecular flexibility index (Phi) is 3.53. The first kappa shape index (κ1) is 13.9. The first-order valence-corrected chi connectivity index (χ1v) is 7.46. The summed E-state index contributed by atoms with van der Waals surface area (Å²) in [6.45, 7) is 4.56. The van der Waals surface area contributed by atoms with Crippen LogP contribution in [0.25, 0.3) is 10.9 Å². The van der Waals surface area contributed by atoms with E-state index in [1.165, 1.54) is 0 Å². The van der Waals surface area contributed by atoms with Crippen LogP contribution in [-0.2, 0) is 11.2 Å². The third-order valence-electron chi connectivity index (χ3n) is 4.16. The third kappa shape index (κ3) is 2.84. The van der Waals surface area contributed by atoms with Crippen LogP contribution in [0.4, 0.5) is 0 Å². The largest absolute Gasteiger partial charge is 0.356 e. The molecule has 0 atom stereocenters. The maximum Gasteiger partial charge on any atom is 0.251 e. The van der Waals surface area contributed by atoms with E-state index in [1.807, 2.05) is 26.0 Å². The average molecular weight is 284 g/mol. The summed E-state index contributed by atoms with van der Waals surface area (Å²) < 4.78 is 0. The van der Waals surface area contributed by atoms with Crippen LogP contribution in [-0.4, -0.2) is 17.4 Å². The highest BCUT2D eigenvalue weighted by Gasteiger charge is 2.29. The molecule has 1 saturated carbocycles. The number of aryl methyl sites for hydroxylation is 2. The lowest BCUT2D eigenvalue weighted by atomic mass is 10.0. The van der Waals surface area contributed by atoms with Crippen molar-refractivity contribution in [2.24, 2.45) is 5.92 Å². The predicted molar refractivity (Wildman–Crippen MR) is 83.5 cm³/mol. The van der Waals surface area contributed by atoms with E-state index >= 15 is 0 Å². The summed E-state index contributed by atoms with van der Waals surface area (Å²) in [5, 5.41) is 3.98. The van der Waals surface area contributed by atoms with Gasteiger partial charge < -0.3 is 10.3 Å². The zero-order valence-corrected chi connectivity index (χ0v) is 12.5. The summed E-state index contributed by atoms with van der Waals surface area (Å²) in [6, 6.07) is 6.04. The highest BCUT2D eigenvalue weighted by atomic mass is 16.2. The molecule has 1 aromatic carbocycles. The smallest absolute Gasteiger partial charge is 0.251 e. The molecule has 1 aromatic heterocycles. The van der Waals surface area contributed by atoms with Gasteiger partial charge in [0, 0.05) is 23.4 Å². The quantitative estimate of drug-likeness (QED) is 0.904. The second kappa shape index (κ2) is 5.35. The van der Waals surface area contributed by atoms with Gasteiger partial charge in [0.2, 0.25) is 5.91 Å². The minimum atomic E-state index is -0.0585. The van der Waals surface area contributed by atoms with Gasteiger partial charge in [0.15, 0.2) is 0 Å². The van der Waals surface area contributed by atoms with Crippen molar-refractivity contribution >= 4 is 16.8 Å². The summed E-state index contributed by atoms with van der Waals surface area (Å²) in [4.78, 5) is 26.7. The Morgan fingerprint density at radius 2 is 2.00 bits per heavy atom. The van der Waals surface area contributed by atoms with Crippen LogP contribution in [0, 0.1) is 19.8 Å². The normalized spacial score (nSPS) is 14.4. The summed E-state index contributed by atoms with van der Waals surface area (Å²) in [7, 11) is 0. The van der Waals surface area contributed by atoms with E-state index in [2.05, 4.69) is 16.4 Å². The second-order valence-corrected chi connectivity index (χ2v) is 5.93. The van der Waals surface area contributed by atoms with Crippen LogP contribution in [0.2, 0.25) is 0 Å². The molecule has 2 N–H and O–H groups in total. The Morgan fingerprint density at radius 1 is 1.29 bits per heavy atom. The molecule has 1 aliphatic carbocycles. The topological polar surface area (TPSA) is 62.0 Å². The molecule has 4 heteroatoms. The standard InChI is InChI=1S/C17H20N2O2/c1-10-3-4-11(2)15-14(10)9-13(17(21)19-15)7-8-18-16(20)12-5-6-12/h3-4,9,12H,5-8H2,1-2H3,(H,18,20)(H,19,21). The molecule has 0 radical (unpaired) electrons. The summed E-state index contributed by atoms with van der Waals surface area (Å²) in [5.41, 5.74) is 3.80. The minimum Gasteiger partial charge on any atom is -0.356 e. The molecule has 1 amide bonds. The first-order valence-electron chi connectivity index (χ1n) is 7.46. The minimum absolute atomic E-state index is 0.0585. The average Bonchev–Trinajstić information content (AvgIpc) is 3.29. The molecule has 0 unspecified atom stereocenters. The first-order chi connectivity index (χ1) is 10.1. The number of pyridine rings is 1. The van der Waals surface area contributed by atoms with E-state index in [-0.39, 0.29) is 17.4 Å². The Labute approximate surface area is 123 Å². The van der Waals surface area contributed by atoms with Crippen LogP contribution in [0.5, 0.6) is 0 Å². The molecular formula is C17H20N2O2. The van der Waals surface area contributed by atoms with Crippen molar-refractivity contribution in [1.29, 1.82) is 0 Å². The van der Waals surface area contributed by atoms with Gasteiger partial charge in [-0.1, -0.05) is 12.1 Å². The Balaban J connectivity index is 1.81. The highest BCUT2D eigenvalue weighted by molar-refractivity contribution is 5.85. The monoisotopic (exact) mass is 284 g/mol. The number of hydrogen-bond acceptors (Lipinski definition) is 2. The third-order valence-corrected chi connectivity index (χ3v) is 4.16. The van der Waals surface area contributed by atoms with Gasteiger partial charge in [-0.2, -0.15) is 0 Å². The van der Waals surface area contributed by atoms with Crippen molar-refractivity contribution in [2.75, 3.05) is 6.54 Å². The van der Waals surface area contributed by atoms with E-state index in [4.69, 9.17) is 0 Å². The Morgan fingerprint density at radius 3 is 2.71 bits per heavy atom. The molecule has 0 saturated heterocycles. The van der Waals surface area contributed by atoms with Crippen molar-refractivity contribution in [3.63, 3.8) is 0 Å². The number of H-pyrrole nitrogens is 1. The molecule has 21 heavy (non-hydrogen) atoms. The van der Waals surface area contributed by atoms with Crippen LogP contribution in [0.1, 0.15) is 29.5 Å². The Hall–Kier alpha value is -2.10. The lowest BCUT2D eigenvalue weighted by Crippen LogP contribution is -2.28. The highest BCUT2D eigenvalue weighted by Crippen LogP contribution is 2.28. The molecule has 1 heterocycles. The molecular weight excluding hydrogens is 264 g/mol. The molecule has 0 aliphatic heterocycles. The van der Waals surface area contributed by atoms with Crippen molar-refractivity contribution in [1.82, 2.24) is 10.3 Å². The van der Waals surface area contributed by atoms with Crippen LogP contribution < -0.4 is 10.9 Å². The van der Waals surface area contributed by atoms with Crippen LogP contribution >= 0.6 is 0 Å². The van der Waals surface area contributed by atoms with E-state index in [9.17, 15) is 9.59 Å². The number of aromatic amines is 1. The second-order valence-electron chi connectivity index (χ2n) is 5.93. The molecule has 1 fully saturated rings. The fourth-order valence-electron chi connectivity index (χ4n) is 2.61. The molecule has 2 aromatic rings. The van der Waals surface area contributed by atoms with Crippen molar-refractivity contribution < 1.29 is 4.79 Å². The van der Waals surface area contributed by atoms with E-state index in [0.29, 0.717) is 13.0 Å². The maximum absolute atomic E-state index is 12.2. The maximum atomic E-state index is 12.2. The summed E-state index contributed by atoms with van der Waals surface area (Å²) in [6.07, 6.45) is 2.57. The van der Waals surface area contributed by atoms with Gasteiger partial charge in [-0.3, -0.25) is 9.59 Å². The number of carbonyl (C=O) groups is 1. The van der Waals surface area contributed by atoms with Gasteiger partial charge in [0.1, 0.15) is 0 Å². The number of amides is 1. The van der Waals surface area contributed by atoms with Crippen molar-refractivity contribution in [2.45, 2.75) is 33.1 Å². The molecule has 4 nitrogen and oxygen atoms in total. The van der Waals surface area contributed by atoms with Gasteiger partial charge >= 0.3 is 0 Å². The predicted octanol–water partition coefficient (Wildman–Crippen LogP) is 2.21. The lowest BCUT2D eigenvalue weighted by molar-refractivity contribution is -0.122.